The van der Waals surface area contributed by atoms with E-state index in [-0.39, 0.29) is 6.04 Å². The van der Waals surface area contributed by atoms with Crippen molar-refractivity contribution >= 4 is 11.8 Å². The predicted molar refractivity (Wildman–Crippen MR) is 83.6 cm³/mol. The largest absolute Gasteiger partial charge is 0.327 e. The first kappa shape index (κ1) is 14.9. The summed E-state index contributed by atoms with van der Waals surface area (Å²) in [5, 5.41) is 5.49. The van der Waals surface area contributed by atoms with Crippen LogP contribution < -0.4 is 5.73 Å². The average Bonchev–Trinajstić information content (AvgIpc) is 3.06. The molecule has 19 heavy (non-hydrogen) atoms. The highest BCUT2D eigenvalue weighted by molar-refractivity contribution is 7.99. The first-order valence-corrected chi connectivity index (χ1v) is 8.65. The van der Waals surface area contributed by atoms with E-state index in [9.17, 15) is 0 Å². The van der Waals surface area contributed by atoms with Crippen molar-refractivity contribution in [1.29, 1.82) is 0 Å². The number of nitrogens with two attached hydrogens (primary N) is 1. The van der Waals surface area contributed by atoms with Gasteiger partial charge in [-0.05, 0) is 32.3 Å². The Kier molecular flexibility index (Phi) is 5.76. The molecule has 1 aromatic heterocycles. The minimum atomic E-state index is 0.242. The Morgan fingerprint density at radius 3 is 2.89 bits per heavy atom. The summed E-state index contributed by atoms with van der Waals surface area (Å²) in [7, 11) is 0. The topological polar surface area (TPSA) is 43.8 Å². The van der Waals surface area contributed by atoms with Crippen LogP contribution in [0.5, 0.6) is 0 Å². The Balaban J connectivity index is 1.74. The molecule has 1 fully saturated rings. The number of nitrogens with zero attached hydrogens (tertiary/aromatic N) is 2. The molecule has 0 aliphatic heterocycles. The predicted octanol–water partition coefficient (Wildman–Crippen LogP) is 3.40. The van der Waals surface area contributed by atoms with Crippen LogP contribution in [0.2, 0.25) is 0 Å². The molecule has 1 aromatic rings. The van der Waals surface area contributed by atoms with E-state index in [1.54, 1.807) is 0 Å². The number of thioether (sulfide) groups is 1. The lowest BCUT2D eigenvalue weighted by atomic mass is 10.2. The van der Waals surface area contributed by atoms with Crippen molar-refractivity contribution in [3.05, 3.63) is 18.0 Å². The van der Waals surface area contributed by atoms with E-state index in [1.165, 1.54) is 25.7 Å². The molecule has 108 valence electrons. The second-order valence-electron chi connectivity index (χ2n) is 5.75. The number of hydrogen-bond acceptors (Lipinski definition) is 3. The molecular weight excluding hydrogens is 254 g/mol. The molecule has 0 aromatic carbocycles. The van der Waals surface area contributed by atoms with Crippen molar-refractivity contribution in [2.75, 3.05) is 5.75 Å². The summed E-state index contributed by atoms with van der Waals surface area (Å²) >= 11 is 2.07. The van der Waals surface area contributed by atoms with Crippen LogP contribution in [-0.4, -0.2) is 26.8 Å². The standard InChI is InChI=1S/C15H27N3S/c1-3-12(2)18-9-8-14(17-18)10-13(16)11-19-15-6-4-5-7-15/h8-9,12-13,15H,3-7,10-11,16H2,1-2H3. The molecule has 2 unspecified atom stereocenters. The van der Waals surface area contributed by atoms with E-state index < -0.39 is 0 Å². The van der Waals surface area contributed by atoms with Crippen molar-refractivity contribution < 1.29 is 0 Å². The third kappa shape index (κ3) is 4.53. The normalized spacial score (nSPS) is 19.7. The van der Waals surface area contributed by atoms with Gasteiger partial charge in [0.2, 0.25) is 0 Å². The molecule has 0 spiro atoms. The van der Waals surface area contributed by atoms with E-state index in [0.717, 1.165) is 29.5 Å². The molecule has 1 heterocycles. The minimum absolute atomic E-state index is 0.242. The van der Waals surface area contributed by atoms with Gasteiger partial charge in [-0.2, -0.15) is 16.9 Å². The van der Waals surface area contributed by atoms with Crippen molar-refractivity contribution in [2.24, 2.45) is 5.73 Å². The van der Waals surface area contributed by atoms with Gasteiger partial charge in [0, 0.05) is 35.7 Å². The van der Waals surface area contributed by atoms with Gasteiger partial charge in [-0.1, -0.05) is 19.8 Å². The lowest BCUT2D eigenvalue weighted by Crippen LogP contribution is -2.26. The molecule has 1 saturated carbocycles. The Hall–Kier alpha value is -0.480. The zero-order chi connectivity index (χ0) is 13.7. The molecule has 2 N–H and O–H groups in total. The Morgan fingerprint density at radius 2 is 2.21 bits per heavy atom. The van der Waals surface area contributed by atoms with Gasteiger partial charge in [-0.15, -0.1) is 0 Å². The molecule has 0 bridgehead atoms. The summed E-state index contributed by atoms with van der Waals surface area (Å²) in [6, 6.07) is 2.84. The van der Waals surface area contributed by atoms with E-state index in [4.69, 9.17) is 5.73 Å². The smallest absolute Gasteiger partial charge is 0.0640 e. The van der Waals surface area contributed by atoms with Gasteiger partial charge in [0.05, 0.1) is 5.69 Å². The summed E-state index contributed by atoms with van der Waals surface area (Å²) < 4.78 is 2.06. The molecule has 3 nitrogen and oxygen atoms in total. The first-order chi connectivity index (χ1) is 9.19. The molecule has 2 rings (SSSR count). The highest BCUT2D eigenvalue weighted by Gasteiger charge is 2.17. The molecule has 0 saturated heterocycles. The molecule has 1 aliphatic rings. The van der Waals surface area contributed by atoms with Gasteiger partial charge in [0.15, 0.2) is 0 Å². The fourth-order valence-electron chi connectivity index (χ4n) is 2.56. The highest BCUT2D eigenvalue weighted by atomic mass is 32.2. The monoisotopic (exact) mass is 281 g/mol. The molecule has 0 radical (unpaired) electrons. The van der Waals surface area contributed by atoms with Crippen molar-refractivity contribution in [2.45, 2.75) is 69.7 Å². The number of hydrogen-bond donors (Lipinski definition) is 1. The van der Waals surface area contributed by atoms with Gasteiger partial charge in [0.1, 0.15) is 0 Å². The van der Waals surface area contributed by atoms with E-state index in [0.29, 0.717) is 6.04 Å². The van der Waals surface area contributed by atoms with Crippen LogP contribution >= 0.6 is 11.8 Å². The SMILES string of the molecule is CCC(C)n1ccc(CC(N)CSC2CCCC2)n1. The summed E-state index contributed by atoms with van der Waals surface area (Å²) in [6.45, 7) is 4.39. The van der Waals surface area contributed by atoms with E-state index in [1.807, 2.05) is 0 Å². The maximum absolute atomic E-state index is 6.23. The lowest BCUT2D eigenvalue weighted by Gasteiger charge is -2.13. The second kappa shape index (κ2) is 7.34. The van der Waals surface area contributed by atoms with Crippen LogP contribution in [0.25, 0.3) is 0 Å². The third-order valence-electron chi connectivity index (χ3n) is 4.03. The molecular formula is C15H27N3S. The lowest BCUT2D eigenvalue weighted by molar-refractivity contribution is 0.472. The van der Waals surface area contributed by atoms with Gasteiger partial charge in [-0.3, -0.25) is 4.68 Å². The Labute approximate surface area is 121 Å². The van der Waals surface area contributed by atoms with E-state index >= 15 is 0 Å². The Morgan fingerprint density at radius 1 is 1.47 bits per heavy atom. The maximum Gasteiger partial charge on any atom is 0.0640 e. The van der Waals surface area contributed by atoms with Crippen LogP contribution in [0.15, 0.2) is 12.3 Å². The minimum Gasteiger partial charge on any atom is -0.327 e. The van der Waals surface area contributed by atoms with Crippen molar-refractivity contribution in [1.82, 2.24) is 9.78 Å². The number of aromatic nitrogens is 2. The summed E-state index contributed by atoms with van der Waals surface area (Å²) in [4.78, 5) is 0. The quantitative estimate of drug-likeness (QED) is 0.833. The fraction of sp³-hybridized carbons (Fsp3) is 0.800. The van der Waals surface area contributed by atoms with Crippen LogP contribution in [0.3, 0.4) is 0 Å². The summed E-state index contributed by atoms with van der Waals surface area (Å²) in [6.07, 6.45) is 9.70. The van der Waals surface area contributed by atoms with Crippen LogP contribution in [-0.2, 0) is 6.42 Å². The Bertz CT molecular complexity index is 371. The first-order valence-electron chi connectivity index (χ1n) is 7.60. The van der Waals surface area contributed by atoms with E-state index in [2.05, 4.69) is 47.7 Å². The highest BCUT2D eigenvalue weighted by Crippen LogP contribution is 2.29. The van der Waals surface area contributed by atoms with Crippen LogP contribution in [0, 0.1) is 0 Å². The molecule has 1 aliphatic carbocycles. The summed E-state index contributed by atoms with van der Waals surface area (Å²) in [5.41, 5.74) is 7.37. The zero-order valence-electron chi connectivity index (χ0n) is 12.2. The molecule has 4 heteroatoms. The zero-order valence-corrected chi connectivity index (χ0v) is 13.0. The van der Waals surface area contributed by atoms with Gasteiger partial charge in [-0.25, -0.2) is 0 Å². The second-order valence-corrected chi connectivity index (χ2v) is 7.08. The molecule has 0 amide bonds. The van der Waals surface area contributed by atoms with Crippen molar-refractivity contribution in [3.8, 4) is 0 Å². The van der Waals surface area contributed by atoms with Gasteiger partial charge >= 0.3 is 0 Å². The molecule has 2 atom stereocenters. The van der Waals surface area contributed by atoms with Crippen molar-refractivity contribution in [3.63, 3.8) is 0 Å². The fourth-order valence-corrected chi connectivity index (χ4v) is 3.86. The number of rotatable bonds is 7. The van der Waals surface area contributed by atoms with Gasteiger partial charge in [0.25, 0.3) is 0 Å². The average molecular weight is 281 g/mol. The third-order valence-corrected chi connectivity index (χ3v) is 5.59. The maximum atomic E-state index is 6.23. The summed E-state index contributed by atoms with van der Waals surface area (Å²) in [5.74, 6) is 1.07. The van der Waals surface area contributed by atoms with Crippen LogP contribution in [0.4, 0.5) is 0 Å². The van der Waals surface area contributed by atoms with Gasteiger partial charge < -0.3 is 5.73 Å². The van der Waals surface area contributed by atoms with Crippen LogP contribution in [0.1, 0.15) is 57.7 Å².